The molecule has 0 atom stereocenters. The number of alkyl halides is 3. The van der Waals surface area contributed by atoms with Crippen LogP contribution in [0, 0.1) is 6.92 Å². The predicted octanol–water partition coefficient (Wildman–Crippen LogP) is 4.96. The van der Waals surface area contributed by atoms with E-state index < -0.39 is 17.2 Å². The zero-order chi connectivity index (χ0) is 14.9. The van der Waals surface area contributed by atoms with Crippen molar-refractivity contribution in [2.75, 3.05) is 5.32 Å². The summed E-state index contributed by atoms with van der Waals surface area (Å²) in [6, 6.07) is 6.12. The van der Waals surface area contributed by atoms with E-state index >= 15 is 0 Å². The van der Waals surface area contributed by atoms with Crippen LogP contribution in [-0.4, -0.2) is 9.97 Å². The Kier molecular flexibility index (Phi) is 4.19. The van der Waals surface area contributed by atoms with Crippen LogP contribution in [0.4, 0.5) is 24.7 Å². The standard InChI is InChI=1S/C12H8BrClF3N3/c1-6-7(13)3-2-4-8(6)18-10-5-9(12(15,16)17)19-11(14)20-10/h2-5H,1H3,(H,18,19,20). The highest BCUT2D eigenvalue weighted by Crippen LogP contribution is 2.31. The summed E-state index contributed by atoms with van der Waals surface area (Å²) in [5.74, 6) is -0.0153. The quantitative estimate of drug-likeness (QED) is 0.763. The lowest BCUT2D eigenvalue weighted by atomic mass is 10.2. The molecule has 0 radical (unpaired) electrons. The summed E-state index contributed by atoms with van der Waals surface area (Å²) >= 11 is 8.86. The first-order valence-corrected chi connectivity index (χ1v) is 6.58. The van der Waals surface area contributed by atoms with Crippen LogP contribution >= 0.6 is 27.5 Å². The van der Waals surface area contributed by atoms with E-state index in [4.69, 9.17) is 11.6 Å². The van der Waals surface area contributed by atoms with Gasteiger partial charge < -0.3 is 5.32 Å². The van der Waals surface area contributed by atoms with Gasteiger partial charge in [-0.15, -0.1) is 0 Å². The average molecular weight is 367 g/mol. The van der Waals surface area contributed by atoms with E-state index in [1.807, 2.05) is 13.0 Å². The van der Waals surface area contributed by atoms with Crippen molar-refractivity contribution in [3.8, 4) is 0 Å². The molecule has 0 aliphatic heterocycles. The second-order valence-electron chi connectivity index (χ2n) is 3.94. The first kappa shape index (κ1) is 15.1. The van der Waals surface area contributed by atoms with Crippen molar-refractivity contribution >= 4 is 39.0 Å². The molecule has 0 fully saturated rings. The van der Waals surface area contributed by atoms with Gasteiger partial charge in [-0.25, -0.2) is 9.97 Å². The highest BCUT2D eigenvalue weighted by Gasteiger charge is 2.33. The van der Waals surface area contributed by atoms with Crippen LogP contribution in [0.5, 0.6) is 0 Å². The maximum atomic E-state index is 12.6. The van der Waals surface area contributed by atoms with Crippen LogP contribution in [0.25, 0.3) is 0 Å². The Labute approximate surface area is 126 Å². The SMILES string of the molecule is Cc1c(Br)cccc1Nc1cc(C(F)(F)F)nc(Cl)n1. The summed E-state index contributed by atoms with van der Waals surface area (Å²) < 4.78 is 38.8. The van der Waals surface area contributed by atoms with E-state index in [1.54, 1.807) is 12.1 Å². The van der Waals surface area contributed by atoms with Crippen LogP contribution in [0.2, 0.25) is 5.28 Å². The first-order chi connectivity index (χ1) is 9.27. The Morgan fingerprint density at radius 1 is 1.25 bits per heavy atom. The molecule has 0 aliphatic rings. The molecule has 0 bridgehead atoms. The van der Waals surface area contributed by atoms with Gasteiger partial charge in [-0.05, 0) is 36.2 Å². The molecule has 0 amide bonds. The third kappa shape index (κ3) is 3.40. The second kappa shape index (κ2) is 5.57. The number of halogens is 5. The molecule has 0 spiro atoms. The van der Waals surface area contributed by atoms with E-state index in [1.165, 1.54) is 0 Å². The van der Waals surface area contributed by atoms with E-state index in [0.717, 1.165) is 16.1 Å². The van der Waals surface area contributed by atoms with Crippen molar-refractivity contribution in [1.29, 1.82) is 0 Å². The maximum Gasteiger partial charge on any atom is 0.433 e. The van der Waals surface area contributed by atoms with E-state index in [9.17, 15) is 13.2 Å². The van der Waals surface area contributed by atoms with Gasteiger partial charge in [0.2, 0.25) is 5.28 Å². The summed E-state index contributed by atoms with van der Waals surface area (Å²) in [6.07, 6.45) is -4.57. The molecule has 20 heavy (non-hydrogen) atoms. The largest absolute Gasteiger partial charge is 0.433 e. The van der Waals surface area contributed by atoms with Gasteiger partial charge >= 0.3 is 6.18 Å². The van der Waals surface area contributed by atoms with Gasteiger partial charge in [0, 0.05) is 16.2 Å². The number of hydrogen-bond donors (Lipinski definition) is 1. The van der Waals surface area contributed by atoms with Crippen LogP contribution in [-0.2, 0) is 6.18 Å². The van der Waals surface area contributed by atoms with Crippen molar-refractivity contribution in [3.05, 3.63) is 45.3 Å². The molecule has 2 aromatic rings. The first-order valence-electron chi connectivity index (χ1n) is 5.41. The average Bonchev–Trinajstić information content (AvgIpc) is 2.33. The van der Waals surface area contributed by atoms with Gasteiger partial charge in [-0.1, -0.05) is 22.0 Å². The van der Waals surface area contributed by atoms with E-state index in [0.29, 0.717) is 5.69 Å². The van der Waals surface area contributed by atoms with Gasteiger partial charge in [0.05, 0.1) is 0 Å². The fourth-order valence-corrected chi connectivity index (χ4v) is 2.06. The number of aromatic nitrogens is 2. The van der Waals surface area contributed by atoms with Gasteiger partial charge in [-0.2, -0.15) is 13.2 Å². The highest BCUT2D eigenvalue weighted by atomic mass is 79.9. The minimum Gasteiger partial charge on any atom is -0.340 e. The Bertz CT molecular complexity index is 646. The third-order valence-electron chi connectivity index (χ3n) is 2.52. The lowest BCUT2D eigenvalue weighted by Crippen LogP contribution is -2.10. The number of rotatable bonds is 2. The van der Waals surface area contributed by atoms with Crippen LogP contribution in [0.3, 0.4) is 0 Å². The van der Waals surface area contributed by atoms with E-state index in [-0.39, 0.29) is 5.82 Å². The summed E-state index contributed by atoms with van der Waals surface area (Å²) in [6.45, 7) is 1.82. The number of nitrogens with zero attached hydrogens (tertiary/aromatic N) is 2. The number of nitrogens with one attached hydrogen (secondary N) is 1. The molecular formula is C12H8BrClF3N3. The van der Waals surface area contributed by atoms with E-state index in [2.05, 4.69) is 31.2 Å². The smallest absolute Gasteiger partial charge is 0.340 e. The molecule has 2 rings (SSSR count). The molecule has 106 valence electrons. The monoisotopic (exact) mass is 365 g/mol. The Hall–Kier alpha value is -1.34. The molecule has 1 aromatic heterocycles. The summed E-state index contributed by atoms with van der Waals surface area (Å²) in [7, 11) is 0. The molecule has 0 saturated heterocycles. The van der Waals surface area contributed by atoms with Gasteiger partial charge in [0.1, 0.15) is 5.82 Å². The summed E-state index contributed by atoms with van der Waals surface area (Å²) in [5.41, 5.74) is 0.380. The molecule has 1 N–H and O–H groups in total. The Morgan fingerprint density at radius 2 is 1.95 bits per heavy atom. The molecule has 1 aromatic carbocycles. The van der Waals surface area contributed by atoms with Gasteiger partial charge in [0.25, 0.3) is 0 Å². The number of anilines is 2. The van der Waals surface area contributed by atoms with Crippen LogP contribution in [0.1, 0.15) is 11.3 Å². The number of hydrogen-bond acceptors (Lipinski definition) is 3. The molecule has 3 nitrogen and oxygen atoms in total. The van der Waals surface area contributed by atoms with Crippen molar-refractivity contribution in [2.24, 2.45) is 0 Å². The zero-order valence-electron chi connectivity index (χ0n) is 10.1. The highest BCUT2D eigenvalue weighted by molar-refractivity contribution is 9.10. The predicted molar refractivity (Wildman–Crippen MR) is 74.2 cm³/mol. The van der Waals surface area contributed by atoms with Crippen molar-refractivity contribution in [2.45, 2.75) is 13.1 Å². The van der Waals surface area contributed by atoms with Crippen molar-refractivity contribution < 1.29 is 13.2 Å². The van der Waals surface area contributed by atoms with Crippen molar-refractivity contribution in [3.63, 3.8) is 0 Å². The van der Waals surface area contributed by atoms with Gasteiger partial charge in [-0.3, -0.25) is 0 Å². The minimum absolute atomic E-state index is 0.0153. The summed E-state index contributed by atoms with van der Waals surface area (Å²) in [4.78, 5) is 6.91. The zero-order valence-corrected chi connectivity index (χ0v) is 12.4. The Balaban J connectivity index is 2.39. The normalized spacial score (nSPS) is 11.5. The molecule has 0 unspecified atom stereocenters. The third-order valence-corrected chi connectivity index (χ3v) is 3.55. The molecule has 1 heterocycles. The molecular weight excluding hydrogens is 359 g/mol. The molecule has 0 aliphatic carbocycles. The van der Waals surface area contributed by atoms with Crippen molar-refractivity contribution in [1.82, 2.24) is 9.97 Å². The lowest BCUT2D eigenvalue weighted by molar-refractivity contribution is -0.141. The fraction of sp³-hybridized carbons (Fsp3) is 0.167. The second-order valence-corrected chi connectivity index (χ2v) is 5.14. The Morgan fingerprint density at radius 3 is 2.60 bits per heavy atom. The van der Waals surface area contributed by atoms with Crippen LogP contribution in [0.15, 0.2) is 28.7 Å². The summed E-state index contributed by atoms with van der Waals surface area (Å²) in [5, 5.41) is 2.34. The minimum atomic E-state index is -4.57. The maximum absolute atomic E-state index is 12.6. The van der Waals surface area contributed by atoms with Crippen LogP contribution < -0.4 is 5.32 Å². The molecule has 8 heteroatoms. The lowest BCUT2D eigenvalue weighted by Gasteiger charge is -2.12. The topological polar surface area (TPSA) is 37.8 Å². The molecule has 0 saturated carbocycles. The number of benzene rings is 1. The van der Waals surface area contributed by atoms with Gasteiger partial charge in [0.15, 0.2) is 5.69 Å². The fourth-order valence-electron chi connectivity index (χ4n) is 1.51.